The van der Waals surface area contributed by atoms with Gasteiger partial charge in [0.1, 0.15) is 0 Å². The van der Waals surface area contributed by atoms with Crippen LogP contribution in [0.25, 0.3) is 0 Å². The van der Waals surface area contributed by atoms with Crippen molar-refractivity contribution >= 4 is 29.2 Å². The highest BCUT2D eigenvalue weighted by atomic mass is 32.2. The molecule has 1 amide bonds. The van der Waals surface area contributed by atoms with Gasteiger partial charge >= 0.3 is 0 Å². The van der Waals surface area contributed by atoms with Gasteiger partial charge in [-0.3, -0.25) is 4.79 Å². The number of nitrogens with zero attached hydrogens (tertiary/aromatic N) is 2. The maximum absolute atomic E-state index is 11.4. The lowest BCUT2D eigenvalue weighted by atomic mass is 10.2. The van der Waals surface area contributed by atoms with Crippen LogP contribution < -0.4 is 5.32 Å². The summed E-state index contributed by atoms with van der Waals surface area (Å²) in [5, 5.41) is 8.30. The third-order valence-corrected chi connectivity index (χ3v) is 3.52. The second-order valence-electron chi connectivity index (χ2n) is 2.82. The molecule has 1 aliphatic heterocycles. The molecule has 70 valence electrons. The Kier molecular flexibility index (Phi) is 2.80. The van der Waals surface area contributed by atoms with Gasteiger partial charge in [-0.05, 0) is 23.7 Å². The predicted molar refractivity (Wildman–Crippen MR) is 53.1 cm³/mol. The van der Waals surface area contributed by atoms with E-state index >= 15 is 0 Å². The molecule has 1 aliphatic rings. The molecule has 4 nitrogen and oxygen atoms in total. The number of hydrogen-bond acceptors (Lipinski definition) is 5. The van der Waals surface area contributed by atoms with E-state index in [-0.39, 0.29) is 5.91 Å². The summed E-state index contributed by atoms with van der Waals surface area (Å²) in [7, 11) is 0. The third-order valence-electron chi connectivity index (χ3n) is 1.86. The normalized spacial score (nSPS) is 21.7. The lowest BCUT2D eigenvalue weighted by Gasteiger charge is -2.08. The summed E-state index contributed by atoms with van der Waals surface area (Å²) in [6.45, 7) is 0. The van der Waals surface area contributed by atoms with Crippen molar-refractivity contribution in [3.8, 4) is 0 Å². The second-order valence-corrected chi connectivity index (χ2v) is 4.58. The van der Waals surface area contributed by atoms with E-state index in [9.17, 15) is 4.79 Å². The summed E-state index contributed by atoms with van der Waals surface area (Å²) in [6.07, 6.45) is 1.06. The summed E-state index contributed by atoms with van der Waals surface area (Å²) < 4.78 is 3.64. The average molecular weight is 215 g/mol. The number of carbonyl (C=O) groups is 1. The van der Waals surface area contributed by atoms with Crippen LogP contribution in [0.5, 0.6) is 0 Å². The molecule has 1 fully saturated rings. The Morgan fingerprint density at radius 3 is 3.23 bits per heavy atom. The first-order valence-electron chi connectivity index (χ1n) is 4.02. The smallest absolute Gasteiger partial charge is 0.272 e. The SMILES string of the molecule is O=C(NC1CCSC1)c1csnn1. The zero-order chi connectivity index (χ0) is 9.10. The fraction of sp³-hybridized carbons (Fsp3) is 0.571. The van der Waals surface area contributed by atoms with Gasteiger partial charge in [0, 0.05) is 17.2 Å². The van der Waals surface area contributed by atoms with Crippen LogP contribution in [0.2, 0.25) is 0 Å². The number of thioether (sulfide) groups is 1. The number of aromatic nitrogens is 2. The monoisotopic (exact) mass is 215 g/mol. The Bertz CT molecular complexity index is 282. The predicted octanol–water partition coefficient (Wildman–Crippen LogP) is 0.773. The topological polar surface area (TPSA) is 54.9 Å². The van der Waals surface area contributed by atoms with E-state index in [0.717, 1.165) is 17.9 Å². The molecule has 13 heavy (non-hydrogen) atoms. The maximum Gasteiger partial charge on any atom is 0.272 e. The van der Waals surface area contributed by atoms with Crippen molar-refractivity contribution in [1.29, 1.82) is 0 Å². The molecule has 0 bridgehead atoms. The van der Waals surface area contributed by atoms with Gasteiger partial charge in [-0.15, -0.1) is 5.10 Å². The van der Waals surface area contributed by atoms with Gasteiger partial charge in [0.15, 0.2) is 5.69 Å². The molecule has 0 aromatic carbocycles. The minimum Gasteiger partial charge on any atom is -0.347 e. The van der Waals surface area contributed by atoms with Crippen molar-refractivity contribution in [2.24, 2.45) is 0 Å². The van der Waals surface area contributed by atoms with Crippen molar-refractivity contribution in [1.82, 2.24) is 14.9 Å². The van der Waals surface area contributed by atoms with Crippen LogP contribution in [0.4, 0.5) is 0 Å². The molecule has 0 spiro atoms. The molecule has 1 N–H and O–H groups in total. The lowest BCUT2D eigenvalue weighted by Crippen LogP contribution is -2.34. The van der Waals surface area contributed by atoms with E-state index in [1.807, 2.05) is 11.8 Å². The average Bonchev–Trinajstić information content (AvgIpc) is 2.74. The molecular formula is C7H9N3OS2. The van der Waals surface area contributed by atoms with E-state index in [0.29, 0.717) is 11.7 Å². The Hall–Kier alpha value is -0.620. The molecule has 1 atom stereocenters. The highest BCUT2D eigenvalue weighted by Gasteiger charge is 2.19. The minimum absolute atomic E-state index is 0.0961. The molecule has 2 rings (SSSR count). The number of carbonyl (C=O) groups excluding carboxylic acids is 1. The third kappa shape index (κ3) is 2.19. The van der Waals surface area contributed by atoms with Gasteiger partial charge in [0.25, 0.3) is 5.91 Å². The van der Waals surface area contributed by atoms with Crippen LogP contribution in [0.15, 0.2) is 5.38 Å². The molecular weight excluding hydrogens is 206 g/mol. The van der Waals surface area contributed by atoms with Crippen LogP contribution >= 0.6 is 23.3 Å². The van der Waals surface area contributed by atoms with Crippen molar-refractivity contribution in [2.45, 2.75) is 12.5 Å². The highest BCUT2D eigenvalue weighted by Crippen LogP contribution is 2.17. The first-order valence-corrected chi connectivity index (χ1v) is 6.01. The van der Waals surface area contributed by atoms with Crippen LogP contribution in [0.3, 0.4) is 0 Å². The molecule has 0 aliphatic carbocycles. The van der Waals surface area contributed by atoms with Crippen LogP contribution in [0.1, 0.15) is 16.9 Å². The van der Waals surface area contributed by atoms with E-state index in [1.54, 1.807) is 5.38 Å². The highest BCUT2D eigenvalue weighted by molar-refractivity contribution is 7.99. The van der Waals surface area contributed by atoms with Crippen molar-refractivity contribution in [2.75, 3.05) is 11.5 Å². The van der Waals surface area contributed by atoms with Gasteiger partial charge in [-0.1, -0.05) is 4.49 Å². The van der Waals surface area contributed by atoms with E-state index in [2.05, 4.69) is 14.9 Å². The Balaban J connectivity index is 1.91. The molecule has 0 saturated carbocycles. The zero-order valence-electron chi connectivity index (χ0n) is 6.90. The van der Waals surface area contributed by atoms with Gasteiger partial charge < -0.3 is 5.32 Å². The Morgan fingerprint density at radius 2 is 2.62 bits per heavy atom. The van der Waals surface area contributed by atoms with E-state index < -0.39 is 0 Å². The maximum atomic E-state index is 11.4. The van der Waals surface area contributed by atoms with E-state index in [1.165, 1.54) is 11.5 Å². The first-order chi connectivity index (χ1) is 6.36. The van der Waals surface area contributed by atoms with Crippen LogP contribution in [-0.2, 0) is 0 Å². The Labute approximate surface area is 84.3 Å². The standard InChI is InChI=1S/C7H9N3OS2/c11-7(6-4-13-10-9-6)8-5-1-2-12-3-5/h4-5H,1-3H2,(H,8,11). The molecule has 1 aromatic rings. The lowest BCUT2D eigenvalue weighted by molar-refractivity contribution is 0.0936. The van der Waals surface area contributed by atoms with Gasteiger partial charge in [-0.25, -0.2) is 0 Å². The number of amides is 1. The summed E-state index contributed by atoms with van der Waals surface area (Å²) in [5.74, 6) is 2.06. The largest absolute Gasteiger partial charge is 0.347 e. The van der Waals surface area contributed by atoms with Crippen molar-refractivity contribution in [3.05, 3.63) is 11.1 Å². The molecule has 6 heteroatoms. The number of rotatable bonds is 2. The van der Waals surface area contributed by atoms with Crippen LogP contribution in [0, 0.1) is 0 Å². The summed E-state index contributed by atoms with van der Waals surface area (Å²) in [5.41, 5.74) is 0.432. The fourth-order valence-electron chi connectivity index (χ4n) is 1.17. The van der Waals surface area contributed by atoms with Crippen molar-refractivity contribution < 1.29 is 4.79 Å². The van der Waals surface area contributed by atoms with Gasteiger partial charge in [-0.2, -0.15) is 11.8 Å². The zero-order valence-corrected chi connectivity index (χ0v) is 8.53. The molecule has 1 aromatic heterocycles. The minimum atomic E-state index is -0.0961. The van der Waals surface area contributed by atoms with Crippen molar-refractivity contribution in [3.63, 3.8) is 0 Å². The number of nitrogens with one attached hydrogen (secondary N) is 1. The molecule has 0 radical (unpaired) electrons. The summed E-state index contributed by atoms with van der Waals surface area (Å²) in [4.78, 5) is 11.4. The van der Waals surface area contributed by atoms with Crippen LogP contribution in [-0.4, -0.2) is 33.0 Å². The second kappa shape index (κ2) is 4.06. The van der Waals surface area contributed by atoms with Gasteiger partial charge in [0.2, 0.25) is 0 Å². The first kappa shape index (κ1) is 8.96. The fourth-order valence-corrected chi connectivity index (χ4v) is 2.76. The van der Waals surface area contributed by atoms with Gasteiger partial charge in [0.05, 0.1) is 0 Å². The Morgan fingerprint density at radius 1 is 1.69 bits per heavy atom. The molecule has 1 unspecified atom stereocenters. The quantitative estimate of drug-likeness (QED) is 0.792. The summed E-state index contributed by atoms with van der Waals surface area (Å²) >= 11 is 3.07. The molecule has 1 saturated heterocycles. The summed E-state index contributed by atoms with van der Waals surface area (Å²) in [6, 6.07) is 0.319. The molecule has 2 heterocycles. The number of hydrogen-bond donors (Lipinski definition) is 1. The van der Waals surface area contributed by atoms with E-state index in [4.69, 9.17) is 0 Å².